The van der Waals surface area contributed by atoms with Crippen LogP contribution in [0.3, 0.4) is 0 Å². The highest BCUT2D eigenvalue weighted by molar-refractivity contribution is 7.12. The van der Waals surface area contributed by atoms with E-state index in [9.17, 15) is 4.79 Å². The topological polar surface area (TPSA) is 55.1 Å². The fourth-order valence-corrected chi connectivity index (χ4v) is 2.42. The average molecular weight is 284 g/mol. The first-order chi connectivity index (χ1) is 9.70. The van der Waals surface area contributed by atoms with Gasteiger partial charge in [-0.1, -0.05) is 30.0 Å². The van der Waals surface area contributed by atoms with Gasteiger partial charge in [0.1, 0.15) is 0 Å². The van der Waals surface area contributed by atoms with Gasteiger partial charge in [-0.15, -0.1) is 11.3 Å². The predicted octanol–water partition coefficient (Wildman–Crippen LogP) is 2.55. The molecule has 0 fully saturated rings. The van der Waals surface area contributed by atoms with Gasteiger partial charge in [0.15, 0.2) is 0 Å². The van der Waals surface area contributed by atoms with E-state index in [1.165, 1.54) is 11.3 Å². The summed E-state index contributed by atoms with van der Waals surface area (Å²) in [5.41, 5.74) is 7.30. The summed E-state index contributed by atoms with van der Waals surface area (Å²) in [6.07, 6.45) is 0. The molecular formula is C16H16N2OS. The molecule has 1 unspecified atom stereocenters. The molecule has 0 bridgehead atoms. The van der Waals surface area contributed by atoms with E-state index in [-0.39, 0.29) is 11.9 Å². The lowest BCUT2D eigenvalue weighted by Crippen LogP contribution is -2.25. The highest BCUT2D eigenvalue weighted by Crippen LogP contribution is 2.16. The molecule has 1 aromatic heterocycles. The van der Waals surface area contributed by atoms with E-state index < -0.39 is 0 Å². The largest absolute Gasteiger partial charge is 0.345 e. The van der Waals surface area contributed by atoms with Crippen molar-refractivity contribution >= 4 is 17.2 Å². The van der Waals surface area contributed by atoms with Gasteiger partial charge in [-0.2, -0.15) is 0 Å². The van der Waals surface area contributed by atoms with Crippen LogP contribution in [0.1, 0.15) is 33.8 Å². The Kier molecular flexibility index (Phi) is 4.94. The van der Waals surface area contributed by atoms with Crippen molar-refractivity contribution in [1.82, 2.24) is 5.32 Å². The van der Waals surface area contributed by atoms with Crippen molar-refractivity contribution in [2.45, 2.75) is 13.0 Å². The lowest BCUT2D eigenvalue weighted by molar-refractivity contribution is 0.0944. The van der Waals surface area contributed by atoms with Crippen LogP contribution < -0.4 is 11.1 Å². The van der Waals surface area contributed by atoms with Crippen LogP contribution in [0.4, 0.5) is 0 Å². The second-order valence-electron chi connectivity index (χ2n) is 4.30. The first-order valence-electron chi connectivity index (χ1n) is 6.34. The average Bonchev–Trinajstić information content (AvgIpc) is 2.99. The summed E-state index contributed by atoms with van der Waals surface area (Å²) < 4.78 is 0. The summed E-state index contributed by atoms with van der Waals surface area (Å²) in [7, 11) is 0. The minimum Gasteiger partial charge on any atom is -0.345 e. The van der Waals surface area contributed by atoms with Gasteiger partial charge in [-0.05, 0) is 36.1 Å². The molecule has 0 spiro atoms. The maximum absolute atomic E-state index is 12.0. The lowest BCUT2D eigenvalue weighted by Gasteiger charge is -2.14. The van der Waals surface area contributed by atoms with Gasteiger partial charge in [0.2, 0.25) is 0 Å². The summed E-state index contributed by atoms with van der Waals surface area (Å²) in [4.78, 5) is 12.7. The lowest BCUT2D eigenvalue weighted by atomic mass is 10.1. The first-order valence-corrected chi connectivity index (χ1v) is 7.22. The number of hydrogen-bond acceptors (Lipinski definition) is 3. The second kappa shape index (κ2) is 6.90. The molecule has 1 atom stereocenters. The van der Waals surface area contributed by atoms with Crippen LogP contribution >= 0.6 is 11.3 Å². The molecule has 4 heteroatoms. The monoisotopic (exact) mass is 284 g/mol. The fourth-order valence-electron chi connectivity index (χ4n) is 1.80. The molecule has 0 saturated carbocycles. The molecule has 20 heavy (non-hydrogen) atoms. The summed E-state index contributed by atoms with van der Waals surface area (Å²) in [5, 5.41) is 4.87. The minimum absolute atomic E-state index is 0.0501. The molecule has 0 radical (unpaired) electrons. The number of nitrogens with two attached hydrogens (primary N) is 1. The molecule has 2 aromatic rings. The Morgan fingerprint density at radius 1 is 1.40 bits per heavy atom. The van der Waals surface area contributed by atoms with Crippen LogP contribution in [-0.4, -0.2) is 12.5 Å². The fraction of sp³-hybridized carbons (Fsp3) is 0.188. The van der Waals surface area contributed by atoms with E-state index >= 15 is 0 Å². The van der Waals surface area contributed by atoms with Crippen molar-refractivity contribution in [3.63, 3.8) is 0 Å². The van der Waals surface area contributed by atoms with Crippen molar-refractivity contribution in [2.75, 3.05) is 6.54 Å². The van der Waals surface area contributed by atoms with E-state index in [0.717, 1.165) is 16.0 Å². The van der Waals surface area contributed by atoms with E-state index in [0.29, 0.717) is 6.54 Å². The number of nitrogens with one attached hydrogen (secondary N) is 1. The standard InChI is InChI=1S/C16H16N2OS/c1-12(18-16(19)15-8-4-10-20-15)14-7-2-5-13(11-14)6-3-9-17/h2,4-5,7-8,10-12H,9,17H2,1H3,(H,18,19). The Hall–Kier alpha value is -2.09. The summed E-state index contributed by atoms with van der Waals surface area (Å²) in [6.45, 7) is 2.30. The van der Waals surface area contributed by atoms with Gasteiger partial charge >= 0.3 is 0 Å². The zero-order valence-corrected chi connectivity index (χ0v) is 12.0. The van der Waals surface area contributed by atoms with Crippen molar-refractivity contribution in [1.29, 1.82) is 0 Å². The number of carbonyl (C=O) groups is 1. The molecular weight excluding hydrogens is 268 g/mol. The Labute approximate surface area is 122 Å². The number of thiophene rings is 1. The van der Waals surface area contributed by atoms with Gasteiger partial charge in [0.25, 0.3) is 5.91 Å². The predicted molar refractivity (Wildman–Crippen MR) is 82.6 cm³/mol. The third-order valence-corrected chi connectivity index (χ3v) is 3.68. The number of benzene rings is 1. The van der Waals surface area contributed by atoms with Crippen LogP contribution in [0, 0.1) is 11.8 Å². The first kappa shape index (κ1) is 14.3. The summed E-state index contributed by atoms with van der Waals surface area (Å²) in [5.74, 6) is 5.77. The molecule has 0 aliphatic heterocycles. The Morgan fingerprint density at radius 3 is 2.95 bits per heavy atom. The SMILES string of the molecule is CC(NC(=O)c1cccs1)c1cccc(C#CCN)c1. The van der Waals surface area contributed by atoms with Crippen LogP contribution in [0.25, 0.3) is 0 Å². The minimum atomic E-state index is -0.0655. The molecule has 1 heterocycles. The second-order valence-corrected chi connectivity index (χ2v) is 5.25. The van der Waals surface area contributed by atoms with Crippen molar-refractivity contribution in [3.8, 4) is 11.8 Å². The quantitative estimate of drug-likeness (QED) is 0.851. The highest BCUT2D eigenvalue weighted by Gasteiger charge is 2.12. The van der Waals surface area contributed by atoms with Gasteiger partial charge < -0.3 is 11.1 Å². The molecule has 0 saturated heterocycles. The molecule has 102 valence electrons. The van der Waals surface area contributed by atoms with Crippen LogP contribution in [-0.2, 0) is 0 Å². The maximum Gasteiger partial charge on any atom is 0.261 e. The normalized spacial score (nSPS) is 11.3. The summed E-state index contributed by atoms with van der Waals surface area (Å²) >= 11 is 1.43. The van der Waals surface area contributed by atoms with Crippen LogP contribution in [0.5, 0.6) is 0 Å². The number of amides is 1. The van der Waals surface area contributed by atoms with Gasteiger partial charge in [-0.3, -0.25) is 4.79 Å². The molecule has 0 aliphatic carbocycles. The number of rotatable bonds is 3. The van der Waals surface area contributed by atoms with E-state index in [1.807, 2.05) is 48.7 Å². The highest BCUT2D eigenvalue weighted by atomic mass is 32.1. The van der Waals surface area contributed by atoms with E-state index in [1.54, 1.807) is 0 Å². The third kappa shape index (κ3) is 3.70. The Bertz CT molecular complexity index is 638. The van der Waals surface area contributed by atoms with Crippen LogP contribution in [0.15, 0.2) is 41.8 Å². The van der Waals surface area contributed by atoms with Gasteiger partial charge in [-0.25, -0.2) is 0 Å². The van der Waals surface area contributed by atoms with E-state index in [4.69, 9.17) is 5.73 Å². The molecule has 1 amide bonds. The van der Waals surface area contributed by atoms with Crippen molar-refractivity contribution in [2.24, 2.45) is 5.73 Å². The zero-order valence-electron chi connectivity index (χ0n) is 11.2. The zero-order chi connectivity index (χ0) is 14.4. The third-order valence-electron chi connectivity index (χ3n) is 2.81. The maximum atomic E-state index is 12.0. The summed E-state index contributed by atoms with van der Waals surface area (Å²) in [6, 6.07) is 11.4. The molecule has 0 aliphatic rings. The van der Waals surface area contributed by atoms with E-state index in [2.05, 4.69) is 17.2 Å². The van der Waals surface area contributed by atoms with Crippen LogP contribution in [0.2, 0.25) is 0 Å². The molecule has 3 nitrogen and oxygen atoms in total. The van der Waals surface area contributed by atoms with Crippen molar-refractivity contribution < 1.29 is 4.79 Å². The van der Waals surface area contributed by atoms with Crippen molar-refractivity contribution in [3.05, 3.63) is 57.8 Å². The number of hydrogen-bond donors (Lipinski definition) is 2. The van der Waals surface area contributed by atoms with Gasteiger partial charge in [0, 0.05) is 5.56 Å². The number of carbonyl (C=O) groups excluding carboxylic acids is 1. The van der Waals surface area contributed by atoms with Gasteiger partial charge in [0.05, 0.1) is 17.5 Å². The molecule has 2 rings (SSSR count). The smallest absolute Gasteiger partial charge is 0.261 e. The molecule has 1 aromatic carbocycles. The Morgan fingerprint density at radius 2 is 2.25 bits per heavy atom. The molecule has 3 N–H and O–H groups in total. The Balaban J connectivity index is 2.09.